The molecule has 7 heteroatoms. The van der Waals surface area contributed by atoms with E-state index in [0.717, 1.165) is 38.9 Å². The van der Waals surface area contributed by atoms with E-state index in [4.69, 9.17) is 5.11 Å². The van der Waals surface area contributed by atoms with Crippen LogP contribution >= 0.6 is 0 Å². The number of carbonyl (C=O) groups is 1. The number of likely N-dealkylation sites (tertiary alicyclic amines) is 1. The minimum Gasteiger partial charge on any atom is -0.481 e. The number of hydrogen-bond donors (Lipinski definition) is 1. The fourth-order valence-electron chi connectivity index (χ4n) is 2.60. The lowest BCUT2D eigenvalue weighted by Crippen LogP contribution is -2.46. The maximum absolute atomic E-state index is 12.1. The minimum atomic E-state index is -3.33. The van der Waals surface area contributed by atoms with Crippen molar-refractivity contribution in [1.29, 1.82) is 0 Å². The molecule has 0 aromatic carbocycles. The Morgan fingerprint density at radius 1 is 1.35 bits per heavy atom. The fourth-order valence-corrected chi connectivity index (χ4v) is 4.06. The van der Waals surface area contributed by atoms with Crippen LogP contribution in [0.25, 0.3) is 0 Å². The molecule has 118 valence electrons. The van der Waals surface area contributed by atoms with Gasteiger partial charge in [0.2, 0.25) is 10.0 Å². The van der Waals surface area contributed by atoms with E-state index in [0.29, 0.717) is 0 Å². The smallest absolute Gasteiger partial charge is 0.303 e. The molecule has 0 aromatic heterocycles. The van der Waals surface area contributed by atoms with Crippen LogP contribution in [0.2, 0.25) is 0 Å². The van der Waals surface area contributed by atoms with Gasteiger partial charge in [-0.05, 0) is 45.3 Å². The van der Waals surface area contributed by atoms with Crippen molar-refractivity contribution in [2.75, 3.05) is 32.4 Å². The summed E-state index contributed by atoms with van der Waals surface area (Å²) in [5.74, 6) is -1.03. The maximum Gasteiger partial charge on any atom is 0.303 e. The van der Waals surface area contributed by atoms with E-state index >= 15 is 0 Å². The highest BCUT2D eigenvalue weighted by atomic mass is 32.2. The number of carboxylic acid groups (broad SMARTS) is 1. The van der Waals surface area contributed by atoms with Crippen molar-refractivity contribution in [2.45, 2.75) is 45.1 Å². The van der Waals surface area contributed by atoms with Crippen LogP contribution < -0.4 is 0 Å². The third-order valence-electron chi connectivity index (χ3n) is 3.84. The molecular formula is C13H26N2O4S. The number of rotatable bonds is 8. The predicted octanol–water partition coefficient (Wildman–Crippen LogP) is 0.987. The van der Waals surface area contributed by atoms with Gasteiger partial charge in [0.1, 0.15) is 0 Å². The molecule has 1 aliphatic heterocycles. The van der Waals surface area contributed by atoms with E-state index in [9.17, 15) is 13.2 Å². The van der Waals surface area contributed by atoms with Crippen molar-refractivity contribution in [2.24, 2.45) is 0 Å². The number of carboxylic acids is 1. The lowest BCUT2D eigenvalue weighted by molar-refractivity contribution is -0.137. The molecule has 0 bridgehead atoms. The lowest BCUT2D eigenvalue weighted by Gasteiger charge is -2.36. The predicted molar refractivity (Wildman–Crippen MR) is 78.2 cm³/mol. The van der Waals surface area contributed by atoms with E-state index in [1.165, 1.54) is 4.31 Å². The van der Waals surface area contributed by atoms with Gasteiger partial charge < -0.3 is 10.0 Å². The Kier molecular flexibility index (Phi) is 6.91. The zero-order valence-corrected chi connectivity index (χ0v) is 13.2. The quantitative estimate of drug-likeness (QED) is 0.723. The highest BCUT2D eigenvalue weighted by molar-refractivity contribution is 7.89. The summed E-state index contributed by atoms with van der Waals surface area (Å²) in [4.78, 5) is 12.8. The Labute approximate surface area is 121 Å². The molecule has 6 nitrogen and oxygen atoms in total. The van der Waals surface area contributed by atoms with Gasteiger partial charge in [-0.25, -0.2) is 12.7 Å². The zero-order chi connectivity index (χ0) is 15.2. The summed E-state index contributed by atoms with van der Waals surface area (Å²) >= 11 is 0. The summed E-state index contributed by atoms with van der Waals surface area (Å²) in [7, 11) is -1.71. The van der Waals surface area contributed by atoms with Crippen molar-refractivity contribution >= 4 is 16.0 Å². The van der Waals surface area contributed by atoms with Crippen LogP contribution in [-0.2, 0) is 14.8 Å². The van der Waals surface area contributed by atoms with Gasteiger partial charge in [-0.3, -0.25) is 4.79 Å². The van der Waals surface area contributed by atoms with E-state index in [2.05, 4.69) is 11.8 Å². The fraction of sp³-hybridized carbons (Fsp3) is 0.923. The second kappa shape index (κ2) is 7.95. The second-order valence-corrected chi connectivity index (χ2v) is 7.55. The normalized spacial score (nSPS) is 18.6. The molecule has 20 heavy (non-hydrogen) atoms. The lowest BCUT2D eigenvalue weighted by atomic mass is 10.1. The number of piperidine rings is 1. The molecule has 0 unspecified atom stereocenters. The van der Waals surface area contributed by atoms with Gasteiger partial charge in [-0.2, -0.15) is 0 Å². The van der Waals surface area contributed by atoms with E-state index in [1.807, 2.05) is 0 Å². The number of aliphatic carboxylic acids is 1. The molecule has 0 spiro atoms. The SMILES string of the molecule is CCCN1CCC(N(C)S(=O)(=O)CCCC(=O)O)CC1. The molecule has 0 aliphatic carbocycles. The molecule has 0 aromatic rings. The van der Waals surface area contributed by atoms with E-state index < -0.39 is 16.0 Å². The Bertz CT molecular complexity index is 403. The first kappa shape index (κ1) is 17.4. The summed E-state index contributed by atoms with van der Waals surface area (Å²) < 4.78 is 25.7. The van der Waals surface area contributed by atoms with Crippen LogP contribution in [0.4, 0.5) is 0 Å². The van der Waals surface area contributed by atoms with Gasteiger partial charge in [0, 0.05) is 19.5 Å². The molecule has 1 fully saturated rings. The average Bonchev–Trinajstić information content (AvgIpc) is 2.38. The molecule has 0 atom stereocenters. The first-order valence-corrected chi connectivity index (χ1v) is 8.87. The van der Waals surface area contributed by atoms with Crippen molar-refractivity contribution in [3.63, 3.8) is 0 Å². The molecule has 0 radical (unpaired) electrons. The van der Waals surface area contributed by atoms with Crippen LogP contribution in [0.5, 0.6) is 0 Å². The van der Waals surface area contributed by atoms with Gasteiger partial charge in [-0.1, -0.05) is 6.92 Å². The van der Waals surface area contributed by atoms with Crippen molar-refractivity contribution in [1.82, 2.24) is 9.21 Å². The first-order chi connectivity index (χ1) is 9.36. The van der Waals surface area contributed by atoms with Crippen LogP contribution in [0.3, 0.4) is 0 Å². The van der Waals surface area contributed by atoms with Crippen LogP contribution in [0, 0.1) is 0 Å². The van der Waals surface area contributed by atoms with Gasteiger partial charge in [0.25, 0.3) is 0 Å². The molecule has 1 heterocycles. The molecule has 0 saturated carbocycles. The average molecular weight is 306 g/mol. The van der Waals surface area contributed by atoms with Crippen LogP contribution in [0.1, 0.15) is 39.0 Å². The molecule has 1 aliphatic rings. The van der Waals surface area contributed by atoms with Gasteiger partial charge in [-0.15, -0.1) is 0 Å². The Hall–Kier alpha value is -0.660. The summed E-state index contributed by atoms with van der Waals surface area (Å²) in [5.41, 5.74) is 0. The zero-order valence-electron chi connectivity index (χ0n) is 12.4. The summed E-state index contributed by atoms with van der Waals surface area (Å²) in [6.07, 6.45) is 2.91. The highest BCUT2D eigenvalue weighted by Gasteiger charge is 2.29. The van der Waals surface area contributed by atoms with Gasteiger partial charge in [0.15, 0.2) is 0 Å². The monoisotopic (exact) mass is 306 g/mol. The van der Waals surface area contributed by atoms with Gasteiger partial charge >= 0.3 is 5.97 Å². The standard InChI is InChI=1S/C13H26N2O4S/c1-3-8-15-9-6-12(7-10-15)14(2)20(18,19)11-4-5-13(16)17/h12H,3-11H2,1-2H3,(H,16,17). The Morgan fingerprint density at radius 3 is 2.45 bits per heavy atom. The first-order valence-electron chi connectivity index (χ1n) is 7.26. The van der Waals surface area contributed by atoms with Crippen molar-refractivity contribution < 1.29 is 18.3 Å². The molecule has 1 rings (SSSR count). The van der Waals surface area contributed by atoms with Crippen molar-refractivity contribution in [3.05, 3.63) is 0 Å². The number of hydrogen-bond acceptors (Lipinski definition) is 4. The Balaban J connectivity index is 2.44. The van der Waals surface area contributed by atoms with E-state index in [1.54, 1.807) is 7.05 Å². The number of nitrogens with zero attached hydrogens (tertiary/aromatic N) is 2. The number of sulfonamides is 1. The van der Waals surface area contributed by atoms with E-state index in [-0.39, 0.29) is 24.6 Å². The van der Waals surface area contributed by atoms with Crippen molar-refractivity contribution in [3.8, 4) is 0 Å². The highest BCUT2D eigenvalue weighted by Crippen LogP contribution is 2.19. The maximum atomic E-state index is 12.1. The van der Waals surface area contributed by atoms with Gasteiger partial charge in [0.05, 0.1) is 5.75 Å². The Morgan fingerprint density at radius 2 is 1.95 bits per heavy atom. The van der Waals surface area contributed by atoms with Crippen LogP contribution in [0.15, 0.2) is 0 Å². The minimum absolute atomic E-state index is 0.0536. The largest absolute Gasteiger partial charge is 0.481 e. The molecular weight excluding hydrogens is 280 g/mol. The third-order valence-corrected chi connectivity index (χ3v) is 5.82. The van der Waals surface area contributed by atoms with Crippen LogP contribution in [-0.4, -0.2) is 67.2 Å². The summed E-state index contributed by atoms with van der Waals surface area (Å²) in [6, 6.07) is 0.0536. The second-order valence-electron chi connectivity index (χ2n) is 5.40. The molecule has 1 N–H and O–H groups in total. The summed E-state index contributed by atoms with van der Waals surface area (Å²) in [5, 5.41) is 8.56. The molecule has 0 amide bonds. The third kappa shape index (κ3) is 5.38. The molecule has 1 saturated heterocycles. The topological polar surface area (TPSA) is 77.9 Å². The summed E-state index contributed by atoms with van der Waals surface area (Å²) in [6.45, 7) is 5.09.